The zero-order valence-corrected chi connectivity index (χ0v) is 15.2. The van der Waals surface area contributed by atoms with Crippen LogP contribution < -0.4 is 4.90 Å². The van der Waals surface area contributed by atoms with Crippen molar-refractivity contribution in [3.8, 4) is 0 Å². The van der Waals surface area contributed by atoms with E-state index in [1.54, 1.807) is 4.90 Å². The van der Waals surface area contributed by atoms with E-state index < -0.39 is 27.2 Å². The van der Waals surface area contributed by atoms with Gasteiger partial charge in [0, 0.05) is 23.7 Å². The van der Waals surface area contributed by atoms with E-state index >= 15 is 0 Å². The average molecular weight is 455 g/mol. The maximum absolute atomic E-state index is 11.8. The van der Waals surface area contributed by atoms with E-state index in [9.17, 15) is 25.0 Å². The van der Waals surface area contributed by atoms with Crippen LogP contribution in [0, 0.1) is 20.2 Å². The van der Waals surface area contributed by atoms with Crippen LogP contribution in [0.1, 0.15) is 10.4 Å². The monoisotopic (exact) mass is 453 g/mol. The van der Waals surface area contributed by atoms with Crippen molar-refractivity contribution < 1.29 is 19.4 Å². The Kier molecular flexibility index (Phi) is 7.36. The second-order valence-corrected chi connectivity index (χ2v) is 5.81. The number of hydrogen-bond donors (Lipinski definition) is 0. The largest absolute Gasteiger partial charge is 0.465 e. The van der Waals surface area contributed by atoms with E-state index in [0.29, 0.717) is 23.7 Å². The molecule has 0 aliphatic carbocycles. The number of methoxy groups -OCH3 is 1. The smallest absolute Gasteiger partial charge is 0.344 e. The number of benzene rings is 1. The quantitative estimate of drug-likeness (QED) is 0.256. The van der Waals surface area contributed by atoms with Crippen molar-refractivity contribution in [2.24, 2.45) is 0 Å². The predicted octanol–water partition coefficient (Wildman–Crippen LogP) is 2.89. The van der Waals surface area contributed by atoms with Gasteiger partial charge in [-0.3, -0.25) is 20.2 Å². The Morgan fingerprint density at radius 3 is 2.04 bits per heavy atom. The highest BCUT2D eigenvalue weighted by atomic mass is 79.9. The molecule has 0 N–H and O–H groups in total. The number of nitrogens with zero attached hydrogens (tertiary/aromatic N) is 3. The lowest BCUT2D eigenvalue weighted by atomic mass is 10.1. The summed E-state index contributed by atoms with van der Waals surface area (Å²) >= 11 is 6.50. The summed E-state index contributed by atoms with van der Waals surface area (Å²) in [7, 11) is 1.09. The molecule has 0 amide bonds. The number of esters is 1. The van der Waals surface area contributed by atoms with Crippen molar-refractivity contribution >= 4 is 54.9 Å². The Labute approximate surface area is 148 Å². The summed E-state index contributed by atoms with van der Waals surface area (Å²) in [6.07, 6.45) is 0. The van der Waals surface area contributed by atoms with Gasteiger partial charge in [-0.2, -0.15) is 0 Å². The Morgan fingerprint density at radius 1 is 1.13 bits per heavy atom. The first kappa shape index (κ1) is 19.3. The summed E-state index contributed by atoms with van der Waals surface area (Å²) in [5.74, 6) is -0.925. The van der Waals surface area contributed by atoms with Crippen LogP contribution in [0.5, 0.6) is 0 Å². The van der Waals surface area contributed by atoms with Gasteiger partial charge in [-0.1, -0.05) is 31.9 Å². The minimum absolute atomic E-state index is 0.125. The Bertz CT molecular complexity index is 619. The third-order valence-corrected chi connectivity index (χ3v) is 3.65. The standard InChI is InChI=1S/C12H13Br2N3O6/c1-23-12(18)8-6-10(15(4-2-13)5-3-14)11(17(21)22)7-9(8)16(19)20/h6-7H,2-5H2,1H3. The zero-order valence-electron chi connectivity index (χ0n) is 12.0. The summed E-state index contributed by atoms with van der Waals surface area (Å²) in [6, 6.07) is 1.92. The summed E-state index contributed by atoms with van der Waals surface area (Å²) < 4.78 is 4.53. The molecule has 0 aliphatic heterocycles. The van der Waals surface area contributed by atoms with Crippen molar-refractivity contribution in [3.05, 3.63) is 37.9 Å². The van der Waals surface area contributed by atoms with Crippen LogP contribution in [-0.2, 0) is 4.74 Å². The zero-order chi connectivity index (χ0) is 17.6. The fourth-order valence-electron chi connectivity index (χ4n) is 1.95. The number of nitro benzene ring substituents is 2. The second-order valence-electron chi connectivity index (χ2n) is 4.23. The molecule has 9 nitrogen and oxygen atoms in total. The highest BCUT2D eigenvalue weighted by molar-refractivity contribution is 9.09. The second kappa shape index (κ2) is 8.77. The Hall–Kier alpha value is -1.75. The first-order valence-electron chi connectivity index (χ1n) is 6.29. The van der Waals surface area contributed by atoms with E-state index in [2.05, 4.69) is 36.6 Å². The third kappa shape index (κ3) is 4.61. The van der Waals surface area contributed by atoms with Gasteiger partial charge in [-0.05, 0) is 6.07 Å². The van der Waals surface area contributed by atoms with E-state index in [1.807, 2.05) is 0 Å². The first-order valence-corrected chi connectivity index (χ1v) is 8.53. The number of anilines is 1. The van der Waals surface area contributed by atoms with Gasteiger partial charge in [-0.15, -0.1) is 0 Å². The number of halogens is 2. The highest BCUT2D eigenvalue weighted by Crippen LogP contribution is 2.35. The number of alkyl halides is 2. The number of nitro groups is 2. The fraction of sp³-hybridized carbons (Fsp3) is 0.417. The van der Waals surface area contributed by atoms with Gasteiger partial charge in [-0.25, -0.2) is 4.79 Å². The molecule has 0 saturated carbocycles. The maximum atomic E-state index is 11.8. The normalized spacial score (nSPS) is 10.2. The van der Waals surface area contributed by atoms with Crippen molar-refractivity contribution in [1.82, 2.24) is 0 Å². The number of rotatable bonds is 8. The molecule has 23 heavy (non-hydrogen) atoms. The Morgan fingerprint density at radius 2 is 1.65 bits per heavy atom. The van der Waals surface area contributed by atoms with Gasteiger partial charge >= 0.3 is 5.97 Å². The molecule has 0 aliphatic rings. The molecule has 0 saturated heterocycles. The molecule has 0 aromatic heterocycles. The van der Waals surface area contributed by atoms with Crippen LogP contribution in [0.25, 0.3) is 0 Å². The fourth-order valence-corrected chi connectivity index (χ4v) is 2.80. The maximum Gasteiger partial charge on any atom is 0.344 e. The van der Waals surface area contributed by atoms with E-state index in [4.69, 9.17) is 0 Å². The summed E-state index contributed by atoms with van der Waals surface area (Å²) in [5.41, 5.74) is -1.30. The number of carbonyl (C=O) groups is 1. The predicted molar refractivity (Wildman–Crippen MR) is 90.9 cm³/mol. The lowest BCUT2D eigenvalue weighted by Gasteiger charge is -2.23. The summed E-state index contributed by atoms with van der Waals surface area (Å²) in [5, 5.41) is 23.4. The molecule has 0 unspecified atom stereocenters. The highest BCUT2D eigenvalue weighted by Gasteiger charge is 2.30. The topological polar surface area (TPSA) is 116 Å². The van der Waals surface area contributed by atoms with Gasteiger partial charge < -0.3 is 9.64 Å². The molecule has 0 spiro atoms. The Balaban J connectivity index is 3.61. The first-order chi connectivity index (χ1) is 10.9. The van der Waals surface area contributed by atoms with Crippen molar-refractivity contribution in [3.63, 3.8) is 0 Å². The lowest BCUT2D eigenvalue weighted by molar-refractivity contribution is -0.393. The van der Waals surface area contributed by atoms with Crippen LogP contribution >= 0.6 is 31.9 Å². The SMILES string of the molecule is COC(=O)c1cc(N(CCBr)CCBr)c([N+](=O)[O-])cc1[N+](=O)[O-]. The van der Waals surface area contributed by atoms with Crippen LogP contribution in [0.3, 0.4) is 0 Å². The molecule has 126 valence electrons. The molecule has 1 rings (SSSR count). The molecular formula is C12H13Br2N3O6. The summed E-state index contributed by atoms with van der Waals surface area (Å²) in [4.78, 5) is 34.2. The molecule has 11 heteroatoms. The van der Waals surface area contributed by atoms with Crippen LogP contribution in [0.15, 0.2) is 12.1 Å². The molecule has 0 atom stereocenters. The molecule has 0 fully saturated rings. The van der Waals surface area contributed by atoms with E-state index in [0.717, 1.165) is 19.2 Å². The molecule has 0 bridgehead atoms. The van der Waals surface area contributed by atoms with Gasteiger partial charge in [0.25, 0.3) is 11.4 Å². The van der Waals surface area contributed by atoms with Crippen LogP contribution in [0.4, 0.5) is 17.1 Å². The van der Waals surface area contributed by atoms with Crippen molar-refractivity contribution in [1.29, 1.82) is 0 Å². The molecule has 1 aromatic carbocycles. The minimum Gasteiger partial charge on any atom is -0.465 e. The number of carbonyl (C=O) groups excluding carboxylic acids is 1. The van der Waals surface area contributed by atoms with Crippen molar-refractivity contribution in [2.45, 2.75) is 0 Å². The van der Waals surface area contributed by atoms with Gasteiger partial charge in [0.15, 0.2) is 0 Å². The van der Waals surface area contributed by atoms with E-state index in [1.165, 1.54) is 0 Å². The average Bonchev–Trinajstić information content (AvgIpc) is 2.52. The summed E-state index contributed by atoms with van der Waals surface area (Å²) in [6.45, 7) is 0.843. The molecule has 0 radical (unpaired) electrons. The third-order valence-electron chi connectivity index (χ3n) is 2.94. The molecule has 1 aromatic rings. The minimum atomic E-state index is -0.925. The van der Waals surface area contributed by atoms with Crippen LogP contribution in [0.2, 0.25) is 0 Å². The van der Waals surface area contributed by atoms with Gasteiger partial charge in [0.1, 0.15) is 11.3 Å². The number of hydrogen-bond acceptors (Lipinski definition) is 7. The van der Waals surface area contributed by atoms with Gasteiger partial charge in [0.2, 0.25) is 0 Å². The van der Waals surface area contributed by atoms with Gasteiger partial charge in [0.05, 0.1) is 23.0 Å². The van der Waals surface area contributed by atoms with E-state index in [-0.39, 0.29) is 11.3 Å². The lowest BCUT2D eigenvalue weighted by Crippen LogP contribution is -2.28. The molecular weight excluding hydrogens is 442 g/mol. The van der Waals surface area contributed by atoms with Crippen LogP contribution in [-0.4, -0.2) is 46.7 Å². The van der Waals surface area contributed by atoms with Crippen molar-refractivity contribution in [2.75, 3.05) is 35.8 Å². The number of ether oxygens (including phenoxy) is 1. The molecule has 0 heterocycles.